The van der Waals surface area contributed by atoms with Crippen molar-refractivity contribution in [2.45, 2.75) is 52.6 Å². The molecule has 148 valence electrons. The first-order chi connectivity index (χ1) is 13.2. The lowest BCUT2D eigenvalue weighted by Crippen LogP contribution is -2.47. The Labute approximate surface area is 162 Å². The average Bonchev–Trinajstić information content (AvgIpc) is 3.32. The zero-order valence-electron chi connectivity index (χ0n) is 16.9. The first-order valence-corrected chi connectivity index (χ1v) is 10.2. The van der Waals surface area contributed by atoms with E-state index in [9.17, 15) is 0 Å². The molecule has 1 saturated heterocycles. The summed E-state index contributed by atoms with van der Waals surface area (Å²) in [6, 6.07) is 6.47. The summed E-state index contributed by atoms with van der Waals surface area (Å²) in [5.41, 5.74) is 0.853. The summed E-state index contributed by atoms with van der Waals surface area (Å²) in [6.45, 7) is 11.4. The quantitative estimate of drug-likeness (QED) is 0.550. The van der Waals surface area contributed by atoms with E-state index in [4.69, 9.17) is 4.99 Å². The van der Waals surface area contributed by atoms with Gasteiger partial charge in [-0.1, -0.05) is 19.9 Å². The van der Waals surface area contributed by atoms with Crippen LogP contribution in [0, 0.1) is 5.92 Å². The molecule has 2 aromatic heterocycles. The predicted octanol–water partition coefficient (Wildman–Crippen LogP) is 2.29. The Morgan fingerprint density at radius 1 is 1.19 bits per heavy atom. The smallest absolute Gasteiger partial charge is 0.191 e. The summed E-state index contributed by atoms with van der Waals surface area (Å²) in [5, 5.41) is 15.4. The van der Waals surface area contributed by atoms with Crippen LogP contribution in [0.4, 0.5) is 0 Å². The van der Waals surface area contributed by atoms with Gasteiger partial charge in [-0.2, -0.15) is 0 Å². The van der Waals surface area contributed by atoms with Crippen LogP contribution in [0.1, 0.15) is 45.9 Å². The highest BCUT2D eigenvalue weighted by atomic mass is 15.3. The van der Waals surface area contributed by atoms with E-state index < -0.39 is 0 Å². The van der Waals surface area contributed by atoms with Crippen molar-refractivity contribution < 1.29 is 0 Å². The normalized spacial score (nSPS) is 17.0. The lowest BCUT2D eigenvalue weighted by Gasteiger charge is -2.29. The van der Waals surface area contributed by atoms with Crippen LogP contribution in [0.15, 0.2) is 29.4 Å². The van der Waals surface area contributed by atoms with Gasteiger partial charge in [-0.15, -0.1) is 10.2 Å². The van der Waals surface area contributed by atoms with Gasteiger partial charge in [0.1, 0.15) is 6.54 Å². The minimum atomic E-state index is 0.499. The van der Waals surface area contributed by atoms with Crippen LogP contribution in [0.25, 0.3) is 5.65 Å². The van der Waals surface area contributed by atoms with Crippen molar-refractivity contribution in [3.05, 3.63) is 30.2 Å². The molecule has 7 nitrogen and oxygen atoms in total. The Morgan fingerprint density at radius 2 is 2.00 bits per heavy atom. The van der Waals surface area contributed by atoms with Crippen LogP contribution >= 0.6 is 0 Å². The van der Waals surface area contributed by atoms with Crippen molar-refractivity contribution in [3.63, 3.8) is 0 Å². The van der Waals surface area contributed by atoms with Gasteiger partial charge >= 0.3 is 0 Å². The van der Waals surface area contributed by atoms with Crippen molar-refractivity contribution in [1.29, 1.82) is 0 Å². The van der Waals surface area contributed by atoms with Crippen molar-refractivity contribution >= 4 is 11.6 Å². The van der Waals surface area contributed by atoms with Gasteiger partial charge in [0.05, 0.1) is 0 Å². The molecule has 1 aliphatic heterocycles. The summed E-state index contributed by atoms with van der Waals surface area (Å²) >= 11 is 0. The number of hydrogen-bond acceptors (Lipinski definition) is 4. The highest BCUT2D eigenvalue weighted by molar-refractivity contribution is 5.79. The second-order valence-electron chi connectivity index (χ2n) is 7.65. The highest BCUT2D eigenvalue weighted by Crippen LogP contribution is 2.17. The lowest BCUT2D eigenvalue weighted by atomic mass is 10.0. The number of aromatic nitrogens is 3. The number of nitrogens with one attached hydrogen (secondary N) is 2. The van der Waals surface area contributed by atoms with Crippen molar-refractivity contribution in [3.8, 4) is 0 Å². The molecule has 0 amide bonds. The number of guanidine groups is 1. The second-order valence-corrected chi connectivity index (χ2v) is 7.65. The van der Waals surface area contributed by atoms with E-state index in [1.807, 2.05) is 28.8 Å². The van der Waals surface area contributed by atoms with Crippen LogP contribution in [-0.2, 0) is 6.54 Å². The third-order valence-electron chi connectivity index (χ3n) is 5.01. The zero-order chi connectivity index (χ0) is 19.1. The standard InChI is InChI=1S/C20H33N7/c1-4-21-20(22-14-17(13-16(2)3)26-10-7-8-11-26)23-15-19-25-24-18-9-5-6-12-27(18)19/h5-6,9,12,16-17H,4,7-8,10-11,13-15H2,1-3H3,(H2,21,22,23). The summed E-state index contributed by atoms with van der Waals surface area (Å²) in [6.07, 6.45) is 5.83. The molecule has 0 spiro atoms. The van der Waals surface area contributed by atoms with E-state index >= 15 is 0 Å². The third kappa shape index (κ3) is 5.42. The fourth-order valence-electron chi connectivity index (χ4n) is 3.72. The predicted molar refractivity (Wildman–Crippen MR) is 110 cm³/mol. The molecule has 0 aromatic carbocycles. The lowest BCUT2D eigenvalue weighted by molar-refractivity contribution is 0.213. The molecule has 0 saturated carbocycles. The van der Waals surface area contributed by atoms with E-state index in [0.717, 1.165) is 30.5 Å². The topological polar surface area (TPSA) is 69.8 Å². The molecule has 0 bridgehead atoms. The first-order valence-electron chi connectivity index (χ1n) is 10.2. The summed E-state index contributed by atoms with van der Waals surface area (Å²) < 4.78 is 1.98. The molecule has 1 fully saturated rings. The largest absolute Gasteiger partial charge is 0.357 e. The van der Waals surface area contributed by atoms with Crippen molar-refractivity contribution in [2.75, 3.05) is 26.2 Å². The van der Waals surface area contributed by atoms with Crippen LogP contribution in [0.2, 0.25) is 0 Å². The monoisotopic (exact) mass is 371 g/mol. The summed E-state index contributed by atoms with van der Waals surface area (Å²) in [7, 11) is 0. The maximum absolute atomic E-state index is 4.74. The molecule has 3 rings (SSSR count). The Morgan fingerprint density at radius 3 is 2.74 bits per heavy atom. The second kappa shape index (κ2) is 9.69. The molecule has 1 atom stereocenters. The maximum Gasteiger partial charge on any atom is 0.191 e. The van der Waals surface area contributed by atoms with E-state index in [0.29, 0.717) is 18.5 Å². The van der Waals surface area contributed by atoms with E-state index in [-0.39, 0.29) is 0 Å². The minimum absolute atomic E-state index is 0.499. The molecular weight excluding hydrogens is 338 g/mol. The molecule has 0 aliphatic carbocycles. The average molecular weight is 372 g/mol. The number of fused-ring (bicyclic) bond motifs is 1. The molecule has 1 unspecified atom stereocenters. The molecule has 2 aromatic rings. The van der Waals surface area contributed by atoms with Gasteiger partial charge in [0.15, 0.2) is 17.4 Å². The van der Waals surface area contributed by atoms with Crippen molar-refractivity contribution in [2.24, 2.45) is 10.9 Å². The number of rotatable bonds is 8. The van der Waals surface area contributed by atoms with E-state index in [1.165, 1.54) is 32.4 Å². The van der Waals surface area contributed by atoms with E-state index in [2.05, 4.69) is 46.5 Å². The van der Waals surface area contributed by atoms with Gasteiger partial charge in [0, 0.05) is 25.3 Å². The fraction of sp³-hybridized carbons (Fsp3) is 0.650. The molecule has 1 aliphatic rings. The van der Waals surface area contributed by atoms with Crippen LogP contribution in [0.5, 0.6) is 0 Å². The molecule has 7 heteroatoms. The molecule has 3 heterocycles. The Balaban J connectivity index is 1.64. The SMILES string of the molecule is CCNC(=NCc1nnc2ccccn12)NCC(CC(C)C)N1CCCC1. The number of aliphatic imine (C=N–C) groups is 1. The number of hydrogen-bond donors (Lipinski definition) is 2. The van der Waals surface area contributed by atoms with Crippen LogP contribution in [-0.4, -0.2) is 57.7 Å². The minimum Gasteiger partial charge on any atom is -0.357 e. The number of pyridine rings is 1. The summed E-state index contributed by atoms with van der Waals surface area (Å²) in [4.78, 5) is 7.36. The summed E-state index contributed by atoms with van der Waals surface area (Å²) in [5.74, 6) is 2.39. The molecular formula is C20H33N7. The third-order valence-corrected chi connectivity index (χ3v) is 5.01. The van der Waals surface area contributed by atoms with Gasteiger partial charge in [-0.05, 0) is 57.3 Å². The van der Waals surface area contributed by atoms with Crippen LogP contribution < -0.4 is 10.6 Å². The molecule has 27 heavy (non-hydrogen) atoms. The van der Waals surface area contributed by atoms with Gasteiger partial charge in [0.25, 0.3) is 0 Å². The number of nitrogens with zero attached hydrogens (tertiary/aromatic N) is 5. The van der Waals surface area contributed by atoms with E-state index in [1.54, 1.807) is 0 Å². The number of likely N-dealkylation sites (tertiary alicyclic amines) is 1. The van der Waals surface area contributed by atoms with Crippen LogP contribution in [0.3, 0.4) is 0 Å². The molecule has 0 radical (unpaired) electrons. The Hall–Kier alpha value is -2.15. The highest BCUT2D eigenvalue weighted by Gasteiger charge is 2.22. The van der Waals surface area contributed by atoms with Gasteiger partial charge in [-0.25, -0.2) is 4.99 Å². The van der Waals surface area contributed by atoms with Crippen molar-refractivity contribution in [1.82, 2.24) is 30.1 Å². The molecule has 2 N–H and O–H groups in total. The first kappa shape index (κ1) is 19.6. The van der Waals surface area contributed by atoms with Gasteiger partial charge < -0.3 is 10.6 Å². The fourth-order valence-corrected chi connectivity index (χ4v) is 3.72. The Bertz CT molecular complexity index is 731. The zero-order valence-corrected chi connectivity index (χ0v) is 16.9. The maximum atomic E-state index is 4.74. The van der Waals surface area contributed by atoms with Gasteiger partial charge in [0.2, 0.25) is 0 Å². The Kier molecular flexibility index (Phi) is 7.04. The van der Waals surface area contributed by atoms with Gasteiger partial charge in [-0.3, -0.25) is 9.30 Å².